The van der Waals surface area contributed by atoms with E-state index in [0.717, 1.165) is 12.8 Å². The number of carboxylic acids is 1. The number of urea groups is 1. The summed E-state index contributed by atoms with van der Waals surface area (Å²) in [6, 6.07) is -0.121. The molecule has 1 fully saturated rings. The molecule has 0 saturated carbocycles. The van der Waals surface area contributed by atoms with Crippen LogP contribution in [0.15, 0.2) is 0 Å². The molecule has 1 rings (SSSR count). The number of carbonyl (C=O) groups is 2. The molecule has 2 N–H and O–H groups in total. The van der Waals surface area contributed by atoms with Crippen LogP contribution < -0.4 is 5.32 Å². The van der Waals surface area contributed by atoms with Crippen LogP contribution in [0.4, 0.5) is 4.79 Å². The van der Waals surface area contributed by atoms with Gasteiger partial charge in [-0.2, -0.15) is 0 Å². The Morgan fingerprint density at radius 1 is 1.50 bits per heavy atom. The summed E-state index contributed by atoms with van der Waals surface area (Å²) in [7, 11) is 0. The quantitative estimate of drug-likeness (QED) is 0.698. The first kappa shape index (κ1) is 14.8. The molecule has 1 aliphatic rings. The molecule has 0 radical (unpaired) electrons. The third-order valence-corrected chi connectivity index (χ3v) is 2.88. The molecule has 0 aromatic rings. The van der Waals surface area contributed by atoms with Crippen LogP contribution >= 0.6 is 0 Å². The third-order valence-electron chi connectivity index (χ3n) is 2.88. The fraction of sp³-hybridized carbons (Fsp3) is 0.833. The van der Waals surface area contributed by atoms with Gasteiger partial charge in [-0.25, -0.2) is 4.79 Å². The van der Waals surface area contributed by atoms with Gasteiger partial charge in [0.2, 0.25) is 0 Å². The van der Waals surface area contributed by atoms with Crippen LogP contribution in [0.1, 0.15) is 32.6 Å². The molecule has 1 saturated heterocycles. The van der Waals surface area contributed by atoms with Crippen molar-refractivity contribution in [2.75, 3.05) is 26.2 Å². The lowest BCUT2D eigenvalue weighted by molar-refractivity contribution is -0.137. The highest BCUT2D eigenvalue weighted by molar-refractivity contribution is 5.74. The number of ether oxygens (including phenoxy) is 1. The van der Waals surface area contributed by atoms with Crippen LogP contribution in [-0.2, 0) is 9.53 Å². The van der Waals surface area contributed by atoms with E-state index in [2.05, 4.69) is 12.2 Å². The summed E-state index contributed by atoms with van der Waals surface area (Å²) >= 11 is 0. The molecular formula is C12H22N2O4. The van der Waals surface area contributed by atoms with Crippen LogP contribution in [0.25, 0.3) is 0 Å². The van der Waals surface area contributed by atoms with Gasteiger partial charge in [0.15, 0.2) is 0 Å². The number of nitrogens with one attached hydrogen (secondary N) is 1. The summed E-state index contributed by atoms with van der Waals surface area (Å²) in [6.07, 6.45) is 2.68. The largest absolute Gasteiger partial charge is 0.481 e. The maximum absolute atomic E-state index is 11.8. The first-order valence-electron chi connectivity index (χ1n) is 6.49. The minimum Gasteiger partial charge on any atom is -0.481 e. The van der Waals surface area contributed by atoms with E-state index in [4.69, 9.17) is 9.84 Å². The number of hydrogen-bond acceptors (Lipinski definition) is 3. The molecule has 6 nitrogen and oxygen atoms in total. The summed E-state index contributed by atoms with van der Waals surface area (Å²) < 4.78 is 5.56. The topological polar surface area (TPSA) is 78.9 Å². The van der Waals surface area contributed by atoms with Gasteiger partial charge in [0.05, 0.1) is 12.7 Å². The van der Waals surface area contributed by atoms with Gasteiger partial charge in [-0.3, -0.25) is 4.79 Å². The summed E-state index contributed by atoms with van der Waals surface area (Å²) in [5.41, 5.74) is 0. The highest BCUT2D eigenvalue weighted by Gasteiger charge is 2.23. The highest BCUT2D eigenvalue weighted by atomic mass is 16.5. The fourth-order valence-electron chi connectivity index (χ4n) is 1.95. The Bertz CT molecular complexity index is 281. The molecule has 0 spiro atoms. The van der Waals surface area contributed by atoms with Crippen molar-refractivity contribution in [2.24, 2.45) is 0 Å². The van der Waals surface area contributed by atoms with Crippen molar-refractivity contribution in [1.82, 2.24) is 10.2 Å². The van der Waals surface area contributed by atoms with Gasteiger partial charge in [0.25, 0.3) is 0 Å². The maximum atomic E-state index is 11.8. The van der Waals surface area contributed by atoms with Crippen molar-refractivity contribution >= 4 is 12.0 Å². The number of rotatable bonds is 6. The molecule has 18 heavy (non-hydrogen) atoms. The number of carbonyl (C=O) groups excluding carboxylic acids is 1. The lowest BCUT2D eigenvalue weighted by atomic mass is 10.2. The third kappa shape index (κ3) is 5.35. The van der Waals surface area contributed by atoms with Crippen molar-refractivity contribution in [3.63, 3.8) is 0 Å². The van der Waals surface area contributed by atoms with Crippen molar-refractivity contribution < 1.29 is 19.4 Å². The molecule has 0 aromatic carbocycles. The van der Waals surface area contributed by atoms with Gasteiger partial charge in [-0.05, 0) is 12.8 Å². The van der Waals surface area contributed by atoms with E-state index in [-0.39, 0.29) is 18.6 Å². The van der Waals surface area contributed by atoms with E-state index in [0.29, 0.717) is 32.7 Å². The summed E-state index contributed by atoms with van der Waals surface area (Å²) in [6.45, 7) is 4.30. The number of nitrogens with zero attached hydrogens (tertiary/aromatic N) is 1. The van der Waals surface area contributed by atoms with Crippen LogP contribution in [0.3, 0.4) is 0 Å². The minimum atomic E-state index is -0.835. The SMILES string of the molecule is CCCC1CN(C(=O)NCCCC(=O)O)CCO1. The molecule has 0 aliphatic carbocycles. The van der Waals surface area contributed by atoms with Crippen molar-refractivity contribution in [2.45, 2.75) is 38.7 Å². The van der Waals surface area contributed by atoms with Crippen LogP contribution in [0.2, 0.25) is 0 Å². The highest BCUT2D eigenvalue weighted by Crippen LogP contribution is 2.10. The standard InChI is InChI=1S/C12H22N2O4/c1-2-4-10-9-14(7-8-18-10)12(17)13-6-3-5-11(15)16/h10H,2-9H2,1H3,(H,13,17)(H,15,16). The Morgan fingerprint density at radius 2 is 2.28 bits per heavy atom. The lowest BCUT2D eigenvalue weighted by Gasteiger charge is -2.32. The predicted octanol–water partition coefficient (Wildman–Crippen LogP) is 1.06. The second-order valence-corrected chi connectivity index (χ2v) is 4.46. The minimum absolute atomic E-state index is 0.0852. The van der Waals surface area contributed by atoms with Gasteiger partial charge < -0.3 is 20.1 Å². The number of hydrogen-bond donors (Lipinski definition) is 2. The smallest absolute Gasteiger partial charge is 0.317 e. The molecule has 0 aromatic heterocycles. The van der Waals surface area contributed by atoms with Crippen LogP contribution in [0.5, 0.6) is 0 Å². The van der Waals surface area contributed by atoms with Gasteiger partial charge in [0, 0.05) is 26.1 Å². The number of aliphatic carboxylic acids is 1. The normalized spacial score (nSPS) is 19.6. The van der Waals surface area contributed by atoms with E-state index < -0.39 is 5.97 Å². The van der Waals surface area contributed by atoms with E-state index in [1.165, 1.54) is 0 Å². The molecule has 1 unspecified atom stereocenters. The first-order chi connectivity index (χ1) is 8.63. The Kier molecular flexibility index (Phi) is 6.49. The molecule has 0 bridgehead atoms. The Morgan fingerprint density at radius 3 is 2.94 bits per heavy atom. The fourth-order valence-corrected chi connectivity index (χ4v) is 1.95. The monoisotopic (exact) mass is 258 g/mol. The Balaban J connectivity index is 2.21. The first-order valence-corrected chi connectivity index (χ1v) is 6.49. The summed E-state index contributed by atoms with van der Waals surface area (Å²) in [4.78, 5) is 23.9. The Labute approximate surface area is 107 Å². The van der Waals surface area contributed by atoms with Crippen LogP contribution in [-0.4, -0.2) is 54.4 Å². The molecule has 1 heterocycles. The van der Waals surface area contributed by atoms with E-state index in [1.807, 2.05) is 0 Å². The number of morpholine rings is 1. The lowest BCUT2D eigenvalue weighted by Crippen LogP contribution is -2.49. The average molecular weight is 258 g/mol. The van der Waals surface area contributed by atoms with Crippen molar-refractivity contribution in [3.8, 4) is 0 Å². The van der Waals surface area contributed by atoms with E-state index >= 15 is 0 Å². The van der Waals surface area contributed by atoms with Crippen molar-refractivity contribution in [1.29, 1.82) is 0 Å². The van der Waals surface area contributed by atoms with Gasteiger partial charge in [-0.1, -0.05) is 13.3 Å². The second kappa shape index (κ2) is 7.92. The Hall–Kier alpha value is -1.30. The molecule has 104 valence electrons. The van der Waals surface area contributed by atoms with E-state index in [9.17, 15) is 9.59 Å². The van der Waals surface area contributed by atoms with Crippen LogP contribution in [0, 0.1) is 0 Å². The van der Waals surface area contributed by atoms with Crippen molar-refractivity contribution in [3.05, 3.63) is 0 Å². The zero-order valence-corrected chi connectivity index (χ0v) is 10.9. The molecule has 2 amide bonds. The predicted molar refractivity (Wildman–Crippen MR) is 66.5 cm³/mol. The van der Waals surface area contributed by atoms with Gasteiger partial charge >= 0.3 is 12.0 Å². The zero-order chi connectivity index (χ0) is 13.4. The molecule has 6 heteroatoms. The van der Waals surface area contributed by atoms with E-state index in [1.54, 1.807) is 4.90 Å². The molecular weight excluding hydrogens is 236 g/mol. The van der Waals surface area contributed by atoms with Gasteiger partial charge in [0.1, 0.15) is 0 Å². The second-order valence-electron chi connectivity index (χ2n) is 4.46. The van der Waals surface area contributed by atoms with Gasteiger partial charge in [-0.15, -0.1) is 0 Å². The molecule has 1 aliphatic heterocycles. The summed E-state index contributed by atoms with van der Waals surface area (Å²) in [5.74, 6) is -0.835. The number of carboxylic acid groups (broad SMARTS) is 1. The average Bonchev–Trinajstić information content (AvgIpc) is 2.35. The zero-order valence-electron chi connectivity index (χ0n) is 10.9. The summed E-state index contributed by atoms with van der Waals surface area (Å²) in [5, 5.41) is 11.2. The number of amides is 2. The maximum Gasteiger partial charge on any atom is 0.317 e. The molecule has 1 atom stereocenters.